The topological polar surface area (TPSA) is 41.9 Å². The van der Waals surface area contributed by atoms with Crippen molar-refractivity contribution in [1.82, 2.24) is 0 Å². The lowest BCUT2D eigenvalue weighted by Gasteiger charge is -2.28. The van der Waals surface area contributed by atoms with Gasteiger partial charge in [0.2, 0.25) is 0 Å². The third-order valence-corrected chi connectivity index (χ3v) is 2.31. The van der Waals surface area contributed by atoms with E-state index >= 15 is 0 Å². The lowest BCUT2D eigenvalue weighted by molar-refractivity contribution is 0.122. The van der Waals surface area contributed by atoms with Crippen LogP contribution in [-0.4, -0.2) is 26.3 Å². The summed E-state index contributed by atoms with van der Waals surface area (Å²) in [7, 11) is 0. The Morgan fingerprint density at radius 1 is 1.29 bits per heavy atom. The molecule has 0 N–H and O–H groups in total. The van der Waals surface area contributed by atoms with Gasteiger partial charge in [-0.2, -0.15) is 0 Å². The molecule has 0 aliphatic carbocycles. The minimum atomic E-state index is 0.481. The summed E-state index contributed by atoms with van der Waals surface area (Å²) in [6, 6.07) is 7.34. The summed E-state index contributed by atoms with van der Waals surface area (Å²) in [4.78, 5) is 12.5. The number of nitroso groups, excluding NO2 is 1. The van der Waals surface area contributed by atoms with Crippen LogP contribution in [0, 0.1) is 4.91 Å². The molecule has 0 aromatic heterocycles. The first-order chi connectivity index (χ1) is 6.90. The van der Waals surface area contributed by atoms with E-state index in [-0.39, 0.29) is 0 Å². The highest BCUT2D eigenvalue weighted by Gasteiger charge is 2.10. The lowest BCUT2D eigenvalue weighted by Crippen LogP contribution is -2.36. The number of nitrogens with zero attached hydrogens (tertiary/aromatic N) is 2. The molecular weight excluding hydrogens is 180 g/mol. The van der Waals surface area contributed by atoms with Crippen LogP contribution in [0.25, 0.3) is 0 Å². The molecule has 14 heavy (non-hydrogen) atoms. The Morgan fingerprint density at radius 2 is 2.07 bits per heavy atom. The maximum Gasteiger partial charge on any atom is 0.110 e. The summed E-state index contributed by atoms with van der Waals surface area (Å²) in [5.74, 6) is 0. The van der Waals surface area contributed by atoms with E-state index in [0.29, 0.717) is 5.69 Å². The van der Waals surface area contributed by atoms with Crippen molar-refractivity contribution in [2.24, 2.45) is 5.18 Å². The Balaban J connectivity index is 2.17. The second-order valence-electron chi connectivity index (χ2n) is 3.21. The van der Waals surface area contributed by atoms with Crippen LogP contribution in [-0.2, 0) is 4.74 Å². The fourth-order valence-corrected chi connectivity index (χ4v) is 1.57. The first kappa shape index (κ1) is 9.15. The van der Waals surface area contributed by atoms with Gasteiger partial charge in [-0.25, -0.2) is 0 Å². The van der Waals surface area contributed by atoms with Crippen molar-refractivity contribution in [3.05, 3.63) is 29.2 Å². The normalized spacial score (nSPS) is 16.7. The van der Waals surface area contributed by atoms with E-state index in [2.05, 4.69) is 10.1 Å². The summed E-state index contributed by atoms with van der Waals surface area (Å²) >= 11 is 0. The zero-order chi connectivity index (χ0) is 9.80. The van der Waals surface area contributed by atoms with Gasteiger partial charge in [0, 0.05) is 18.8 Å². The zero-order valence-corrected chi connectivity index (χ0v) is 7.85. The van der Waals surface area contributed by atoms with Gasteiger partial charge in [-0.15, -0.1) is 4.91 Å². The molecule has 1 saturated heterocycles. The van der Waals surface area contributed by atoms with Gasteiger partial charge in [0.05, 0.1) is 13.2 Å². The zero-order valence-electron chi connectivity index (χ0n) is 7.85. The molecule has 1 aromatic carbocycles. The number of ether oxygens (including phenoxy) is 1. The molecule has 2 rings (SSSR count). The average Bonchev–Trinajstić information content (AvgIpc) is 2.30. The van der Waals surface area contributed by atoms with E-state index in [9.17, 15) is 4.91 Å². The van der Waals surface area contributed by atoms with E-state index in [1.807, 2.05) is 12.1 Å². The van der Waals surface area contributed by atoms with Crippen LogP contribution in [0.5, 0.6) is 0 Å². The Bertz CT molecular complexity index is 322. The molecule has 4 nitrogen and oxygen atoms in total. The molecule has 0 saturated carbocycles. The monoisotopic (exact) mass is 192 g/mol. The maximum absolute atomic E-state index is 10.3. The summed E-state index contributed by atoms with van der Waals surface area (Å²) in [6.07, 6.45) is 0. The molecule has 0 spiro atoms. The smallest absolute Gasteiger partial charge is 0.110 e. The third-order valence-electron chi connectivity index (χ3n) is 2.31. The third kappa shape index (κ3) is 1.90. The molecular formula is C10H12N2O2. The van der Waals surface area contributed by atoms with Crippen LogP contribution in [0.4, 0.5) is 11.4 Å². The first-order valence-corrected chi connectivity index (χ1v) is 4.66. The van der Waals surface area contributed by atoms with Gasteiger partial charge in [-0.05, 0) is 23.4 Å². The molecule has 0 unspecified atom stereocenters. The van der Waals surface area contributed by atoms with E-state index in [0.717, 1.165) is 32.0 Å². The standard InChI is InChI=1S/C10H12N2O2/c13-11-9-2-1-3-10(8-9)12-4-6-14-7-5-12/h1-3,8H,4-7H2. The summed E-state index contributed by atoms with van der Waals surface area (Å²) in [6.45, 7) is 3.25. The molecule has 1 aromatic rings. The van der Waals surface area contributed by atoms with Crippen LogP contribution in [0.2, 0.25) is 0 Å². The molecule has 1 aliphatic rings. The predicted octanol–water partition coefficient (Wildman–Crippen LogP) is 1.92. The highest BCUT2D eigenvalue weighted by atomic mass is 16.5. The first-order valence-electron chi connectivity index (χ1n) is 4.66. The number of hydrogen-bond acceptors (Lipinski definition) is 4. The van der Waals surface area contributed by atoms with Gasteiger partial charge >= 0.3 is 0 Å². The van der Waals surface area contributed by atoms with Gasteiger partial charge in [-0.3, -0.25) is 0 Å². The highest BCUT2D eigenvalue weighted by Crippen LogP contribution is 2.21. The SMILES string of the molecule is O=Nc1cccc(N2CCOCC2)c1. The number of hydrogen-bond donors (Lipinski definition) is 0. The molecule has 1 fully saturated rings. The van der Waals surface area contributed by atoms with Crippen molar-refractivity contribution in [2.75, 3.05) is 31.2 Å². The largest absolute Gasteiger partial charge is 0.378 e. The Morgan fingerprint density at radius 3 is 2.79 bits per heavy atom. The fourth-order valence-electron chi connectivity index (χ4n) is 1.57. The molecule has 0 radical (unpaired) electrons. The second-order valence-corrected chi connectivity index (χ2v) is 3.21. The summed E-state index contributed by atoms with van der Waals surface area (Å²) < 4.78 is 5.25. The summed E-state index contributed by atoms with van der Waals surface area (Å²) in [5, 5.41) is 2.92. The van der Waals surface area contributed by atoms with Gasteiger partial charge < -0.3 is 9.64 Å². The minimum Gasteiger partial charge on any atom is -0.378 e. The number of morpholine rings is 1. The highest BCUT2D eigenvalue weighted by molar-refractivity contribution is 5.55. The van der Waals surface area contributed by atoms with Crippen LogP contribution in [0.1, 0.15) is 0 Å². The maximum atomic E-state index is 10.3. The lowest BCUT2D eigenvalue weighted by atomic mass is 10.2. The van der Waals surface area contributed by atoms with Crippen molar-refractivity contribution in [3.63, 3.8) is 0 Å². The molecule has 0 bridgehead atoms. The molecule has 4 heteroatoms. The molecule has 0 atom stereocenters. The number of rotatable bonds is 2. The van der Waals surface area contributed by atoms with Gasteiger partial charge in [0.25, 0.3) is 0 Å². The van der Waals surface area contributed by atoms with Gasteiger partial charge in [-0.1, -0.05) is 6.07 Å². The average molecular weight is 192 g/mol. The molecule has 1 heterocycles. The van der Waals surface area contributed by atoms with Crippen LogP contribution in [0.15, 0.2) is 29.4 Å². The van der Waals surface area contributed by atoms with Crippen molar-refractivity contribution >= 4 is 11.4 Å². The quantitative estimate of drug-likeness (QED) is 0.672. The molecule has 1 aliphatic heterocycles. The Kier molecular flexibility index (Phi) is 2.74. The Hall–Kier alpha value is -1.42. The van der Waals surface area contributed by atoms with Crippen LogP contribution in [0.3, 0.4) is 0 Å². The fraction of sp³-hybridized carbons (Fsp3) is 0.400. The van der Waals surface area contributed by atoms with Gasteiger partial charge in [0.1, 0.15) is 5.69 Å². The molecule has 0 amide bonds. The van der Waals surface area contributed by atoms with Crippen molar-refractivity contribution < 1.29 is 4.74 Å². The van der Waals surface area contributed by atoms with Crippen molar-refractivity contribution in [2.45, 2.75) is 0 Å². The Labute approximate surface area is 82.5 Å². The van der Waals surface area contributed by atoms with E-state index in [4.69, 9.17) is 4.74 Å². The van der Waals surface area contributed by atoms with Crippen LogP contribution >= 0.6 is 0 Å². The van der Waals surface area contributed by atoms with Crippen molar-refractivity contribution in [1.29, 1.82) is 0 Å². The van der Waals surface area contributed by atoms with E-state index in [1.54, 1.807) is 12.1 Å². The predicted molar refractivity (Wildman–Crippen MR) is 54.9 cm³/mol. The minimum absolute atomic E-state index is 0.481. The van der Waals surface area contributed by atoms with Crippen molar-refractivity contribution in [3.8, 4) is 0 Å². The number of anilines is 1. The van der Waals surface area contributed by atoms with E-state index in [1.165, 1.54) is 0 Å². The van der Waals surface area contributed by atoms with Crippen LogP contribution < -0.4 is 4.90 Å². The summed E-state index contributed by atoms with van der Waals surface area (Å²) in [5.41, 5.74) is 1.53. The molecule has 74 valence electrons. The second kappa shape index (κ2) is 4.19. The van der Waals surface area contributed by atoms with E-state index < -0.39 is 0 Å². The van der Waals surface area contributed by atoms with Gasteiger partial charge in [0.15, 0.2) is 0 Å². The number of benzene rings is 1.